The monoisotopic (exact) mass is 328 g/mol. The summed E-state index contributed by atoms with van der Waals surface area (Å²) in [6, 6.07) is 18.9. The number of hydrogen-bond acceptors (Lipinski definition) is 2. The summed E-state index contributed by atoms with van der Waals surface area (Å²) < 4.78 is 0. The van der Waals surface area contributed by atoms with Gasteiger partial charge in [0.2, 0.25) is 0 Å². The van der Waals surface area contributed by atoms with Gasteiger partial charge in [0.05, 0.1) is 11.5 Å². The Hall–Kier alpha value is -2.86. The van der Waals surface area contributed by atoms with Crippen molar-refractivity contribution in [2.45, 2.75) is 38.0 Å². The number of rotatable bonds is 2. The van der Waals surface area contributed by atoms with Crippen molar-refractivity contribution in [3.8, 4) is 6.07 Å². The summed E-state index contributed by atoms with van der Waals surface area (Å²) in [5.74, 6) is 0.170. The molecule has 124 valence electrons. The van der Waals surface area contributed by atoms with E-state index in [1.165, 1.54) is 11.1 Å². The second-order valence-electron chi connectivity index (χ2n) is 7.19. The largest absolute Gasteiger partial charge is 0.322 e. The Labute approximate surface area is 146 Å². The Morgan fingerprint density at radius 2 is 2.00 bits per heavy atom. The molecule has 1 N–H and O–H groups in total. The molecule has 0 bridgehead atoms. The van der Waals surface area contributed by atoms with Crippen LogP contribution in [0.4, 0.5) is 0 Å². The summed E-state index contributed by atoms with van der Waals surface area (Å²) in [5.41, 5.74) is 4.39. The Morgan fingerprint density at radius 3 is 2.80 bits per heavy atom. The fourth-order valence-corrected chi connectivity index (χ4v) is 4.13. The fraction of sp³-hybridized carbons (Fsp3) is 0.273. The number of nitrogens with one attached hydrogen (secondary N) is 1. The second kappa shape index (κ2) is 5.60. The first-order valence-corrected chi connectivity index (χ1v) is 8.66. The minimum Gasteiger partial charge on any atom is -0.322 e. The van der Waals surface area contributed by atoms with Crippen LogP contribution in [0.2, 0.25) is 0 Å². The van der Waals surface area contributed by atoms with E-state index in [9.17, 15) is 10.1 Å². The average molecular weight is 328 g/mol. The van der Waals surface area contributed by atoms with Gasteiger partial charge in [-0.1, -0.05) is 36.4 Å². The Morgan fingerprint density at radius 1 is 1.20 bits per heavy atom. The lowest BCUT2D eigenvalue weighted by molar-refractivity contribution is 0.470. The number of aromatic nitrogens is 1. The molecule has 1 aliphatic carbocycles. The molecule has 0 fully saturated rings. The molecule has 4 rings (SSSR count). The van der Waals surface area contributed by atoms with E-state index in [1.807, 2.05) is 31.2 Å². The van der Waals surface area contributed by atoms with Gasteiger partial charge in [0.1, 0.15) is 0 Å². The zero-order valence-corrected chi connectivity index (χ0v) is 14.5. The minimum atomic E-state index is -0.622. The molecule has 1 heterocycles. The summed E-state index contributed by atoms with van der Waals surface area (Å²) in [6.45, 7) is 3.83. The Balaban J connectivity index is 1.86. The van der Waals surface area contributed by atoms with Gasteiger partial charge in [0.25, 0.3) is 5.56 Å². The smallest absolute Gasteiger partial charge is 0.251 e. The van der Waals surface area contributed by atoms with Crippen LogP contribution in [0.3, 0.4) is 0 Å². The molecule has 0 aliphatic heterocycles. The molecule has 3 aromatic rings. The van der Waals surface area contributed by atoms with E-state index < -0.39 is 5.41 Å². The molecule has 1 aromatic heterocycles. The maximum absolute atomic E-state index is 12.0. The molecule has 3 nitrogen and oxygen atoms in total. The molecule has 2 aromatic carbocycles. The first kappa shape index (κ1) is 15.7. The van der Waals surface area contributed by atoms with Gasteiger partial charge in [-0.15, -0.1) is 0 Å². The first-order valence-electron chi connectivity index (χ1n) is 8.66. The second-order valence-corrected chi connectivity index (χ2v) is 7.19. The maximum Gasteiger partial charge on any atom is 0.251 e. The lowest BCUT2D eigenvalue weighted by Crippen LogP contribution is -2.27. The SMILES string of the molecule is Cc1cc2ccc([C@@](C)(C#N)C3CCc4ccccc43)cc2[nH]c1=O. The lowest BCUT2D eigenvalue weighted by Gasteiger charge is -2.30. The van der Waals surface area contributed by atoms with E-state index in [2.05, 4.69) is 35.3 Å². The third-order valence-electron chi connectivity index (χ3n) is 5.69. The van der Waals surface area contributed by atoms with Crippen molar-refractivity contribution in [1.82, 2.24) is 4.98 Å². The number of nitrogens with zero attached hydrogens (tertiary/aromatic N) is 1. The van der Waals surface area contributed by atoms with Crippen LogP contribution < -0.4 is 5.56 Å². The number of benzene rings is 2. The standard InChI is InChI=1S/C22H20N2O/c1-14-11-16-7-9-17(12-20(16)24-21(14)25)22(2,13-23)19-10-8-15-5-3-4-6-18(15)19/h3-7,9,11-12,19H,8,10H2,1-2H3,(H,24,25)/t19?,22-/m1/s1. The van der Waals surface area contributed by atoms with Crippen LogP contribution in [-0.4, -0.2) is 4.98 Å². The van der Waals surface area contributed by atoms with Gasteiger partial charge in [-0.2, -0.15) is 5.26 Å². The van der Waals surface area contributed by atoms with Crippen molar-refractivity contribution in [3.05, 3.63) is 81.1 Å². The van der Waals surface area contributed by atoms with Gasteiger partial charge >= 0.3 is 0 Å². The Bertz CT molecular complexity index is 1070. The molecular formula is C22H20N2O. The van der Waals surface area contributed by atoms with Crippen molar-refractivity contribution < 1.29 is 0 Å². The molecule has 0 saturated heterocycles. The normalized spacial score (nSPS) is 18.5. The van der Waals surface area contributed by atoms with Crippen LogP contribution in [-0.2, 0) is 11.8 Å². The number of pyridine rings is 1. The quantitative estimate of drug-likeness (QED) is 0.760. The molecule has 0 radical (unpaired) electrons. The lowest BCUT2D eigenvalue weighted by atomic mass is 9.70. The van der Waals surface area contributed by atoms with Crippen molar-refractivity contribution in [3.63, 3.8) is 0 Å². The number of aromatic amines is 1. The van der Waals surface area contributed by atoms with E-state index in [4.69, 9.17) is 0 Å². The third kappa shape index (κ3) is 2.37. The first-order chi connectivity index (χ1) is 12.0. The van der Waals surface area contributed by atoms with E-state index >= 15 is 0 Å². The van der Waals surface area contributed by atoms with E-state index in [0.29, 0.717) is 5.56 Å². The molecular weight excluding hydrogens is 308 g/mol. The molecule has 1 aliphatic rings. The van der Waals surface area contributed by atoms with Crippen molar-refractivity contribution in [2.75, 3.05) is 0 Å². The molecule has 2 atom stereocenters. The topological polar surface area (TPSA) is 56.6 Å². The number of H-pyrrole nitrogens is 1. The molecule has 3 heteroatoms. The highest BCUT2D eigenvalue weighted by Crippen LogP contribution is 2.46. The number of hydrogen-bond donors (Lipinski definition) is 1. The summed E-state index contributed by atoms with van der Waals surface area (Å²) >= 11 is 0. The highest BCUT2D eigenvalue weighted by atomic mass is 16.1. The van der Waals surface area contributed by atoms with Crippen LogP contribution in [0.15, 0.2) is 53.3 Å². The van der Waals surface area contributed by atoms with Crippen LogP contribution >= 0.6 is 0 Å². The van der Waals surface area contributed by atoms with Crippen LogP contribution in [0.5, 0.6) is 0 Å². The summed E-state index contributed by atoms with van der Waals surface area (Å²) in [6.07, 6.45) is 1.99. The van der Waals surface area contributed by atoms with Crippen LogP contribution in [0.1, 0.15) is 41.5 Å². The van der Waals surface area contributed by atoms with E-state index in [0.717, 1.165) is 29.3 Å². The van der Waals surface area contributed by atoms with E-state index in [1.54, 1.807) is 6.92 Å². The van der Waals surface area contributed by atoms with Gasteiger partial charge in [0, 0.05) is 17.0 Å². The van der Waals surface area contributed by atoms with Crippen molar-refractivity contribution in [2.24, 2.45) is 0 Å². The predicted octanol–water partition coefficient (Wildman–Crippen LogP) is 4.35. The van der Waals surface area contributed by atoms with Gasteiger partial charge in [-0.05, 0) is 60.9 Å². The van der Waals surface area contributed by atoms with Gasteiger partial charge in [-0.25, -0.2) is 0 Å². The summed E-state index contributed by atoms with van der Waals surface area (Å²) in [7, 11) is 0. The molecule has 25 heavy (non-hydrogen) atoms. The minimum absolute atomic E-state index is 0.0745. The number of nitriles is 1. The van der Waals surface area contributed by atoms with E-state index in [-0.39, 0.29) is 11.5 Å². The molecule has 1 unspecified atom stereocenters. The highest BCUT2D eigenvalue weighted by Gasteiger charge is 2.40. The Kier molecular flexibility index (Phi) is 3.51. The van der Waals surface area contributed by atoms with Crippen molar-refractivity contribution >= 4 is 10.9 Å². The highest BCUT2D eigenvalue weighted by molar-refractivity contribution is 5.80. The van der Waals surface area contributed by atoms with Gasteiger partial charge in [-0.3, -0.25) is 4.79 Å². The summed E-state index contributed by atoms with van der Waals surface area (Å²) in [5, 5.41) is 11.1. The fourth-order valence-electron chi connectivity index (χ4n) is 4.13. The zero-order chi connectivity index (χ0) is 17.6. The number of fused-ring (bicyclic) bond motifs is 2. The third-order valence-corrected chi connectivity index (χ3v) is 5.69. The summed E-state index contributed by atoms with van der Waals surface area (Å²) in [4.78, 5) is 14.9. The number of aryl methyl sites for hydroxylation is 2. The van der Waals surface area contributed by atoms with Gasteiger partial charge in [0.15, 0.2) is 0 Å². The maximum atomic E-state index is 12.0. The average Bonchev–Trinajstić information content (AvgIpc) is 3.06. The van der Waals surface area contributed by atoms with Crippen molar-refractivity contribution in [1.29, 1.82) is 5.26 Å². The molecule has 0 amide bonds. The zero-order valence-electron chi connectivity index (χ0n) is 14.5. The van der Waals surface area contributed by atoms with Crippen LogP contribution in [0, 0.1) is 18.3 Å². The predicted molar refractivity (Wildman–Crippen MR) is 99.8 cm³/mol. The molecule has 0 saturated carbocycles. The molecule has 0 spiro atoms. The van der Waals surface area contributed by atoms with Gasteiger partial charge < -0.3 is 4.98 Å². The van der Waals surface area contributed by atoms with Crippen LogP contribution in [0.25, 0.3) is 10.9 Å².